The number of hydrogen-bond acceptors (Lipinski definition) is 5. The summed E-state index contributed by atoms with van der Waals surface area (Å²) in [6, 6.07) is 9.11. The number of likely N-dealkylation sites (tertiary alicyclic amines) is 1. The molecule has 0 unspecified atom stereocenters. The molecule has 0 aromatic heterocycles. The summed E-state index contributed by atoms with van der Waals surface area (Å²) in [5.74, 6) is -1.51. The molecule has 1 saturated heterocycles. The fourth-order valence-electron chi connectivity index (χ4n) is 3.51. The third-order valence-electron chi connectivity index (χ3n) is 5.21. The average Bonchev–Trinajstić information content (AvgIpc) is 3.08. The van der Waals surface area contributed by atoms with Gasteiger partial charge in [-0.3, -0.25) is 9.59 Å². The maximum absolute atomic E-state index is 12.9. The fourth-order valence-corrected chi connectivity index (χ4v) is 3.72. The number of carboxylic acid groups (broad SMARTS) is 1. The number of ether oxygens (including phenoxy) is 2. The fraction of sp³-hybridized carbons (Fsp3) is 0.348. The van der Waals surface area contributed by atoms with Crippen LogP contribution in [0, 0.1) is 0 Å². The van der Waals surface area contributed by atoms with Crippen molar-refractivity contribution in [3.05, 3.63) is 52.5 Å². The summed E-state index contributed by atoms with van der Waals surface area (Å²) in [5.41, 5.74) is 0.286. The largest absolute Gasteiger partial charge is 0.496 e. The van der Waals surface area contributed by atoms with E-state index >= 15 is 0 Å². The Hall–Kier alpha value is -3.26. The summed E-state index contributed by atoms with van der Waals surface area (Å²) >= 11 is 6.16. The van der Waals surface area contributed by atoms with Crippen molar-refractivity contribution in [2.45, 2.75) is 25.7 Å². The van der Waals surface area contributed by atoms with E-state index in [0.29, 0.717) is 0 Å². The zero-order chi connectivity index (χ0) is 23.1. The molecule has 9 heteroatoms. The molecule has 2 N–H and O–H groups in total. The van der Waals surface area contributed by atoms with Crippen LogP contribution in [0.25, 0.3) is 0 Å². The van der Waals surface area contributed by atoms with Gasteiger partial charge in [0.2, 0.25) is 0 Å². The van der Waals surface area contributed by atoms with E-state index in [1.807, 2.05) is 0 Å². The van der Waals surface area contributed by atoms with Crippen LogP contribution in [0.4, 0.5) is 5.69 Å². The first-order chi connectivity index (χ1) is 15.4. The van der Waals surface area contributed by atoms with Gasteiger partial charge in [-0.2, -0.15) is 0 Å². The van der Waals surface area contributed by atoms with Crippen LogP contribution in [-0.4, -0.2) is 54.6 Å². The summed E-state index contributed by atoms with van der Waals surface area (Å²) in [6.45, 7) is 1.28. The van der Waals surface area contributed by atoms with E-state index in [2.05, 4.69) is 5.32 Å². The van der Waals surface area contributed by atoms with Crippen molar-refractivity contribution in [2.24, 2.45) is 0 Å². The summed E-state index contributed by atoms with van der Waals surface area (Å²) in [6.07, 6.45) is 4.20. The predicted octanol–water partition coefficient (Wildman–Crippen LogP) is 4.08. The van der Waals surface area contributed by atoms with Crippen molar-refractivity contribution in [2.75, 3.05) is 32.1 Å². The minimum absolute atomic E-state index is 0.0475. The van der Waals surface area contributed by atoms with Gasteiger partial charge >= 0.3 is 5.97 Å². The number of hydrogen-bond donors (Lipinski definition) is 2. The lowest BCUT2D eigenvalue weighted by Gasteiger charge is -2.20. The molecule has 0 spiro atoms. The molecule has 1 heterocycles. The minimum atomic E-state index is -1.20. The maximum atomic E-state index is 12.9. The molecule has 1 fully saturated rings. The van der Waals surface area contributed by atoms with Crippen molar-refractivity contribution >= 4 is 35.1 Å². The zero-order valence-electron chi connectivity index (χ0n) is 17.7. The van der Waals surface area contributed by atoms with Crippen LogP contribution >= 0.6 is 11.6 Å². The molecule has 0 radical (unpaired) electrons. The Balaban J connectivity index is 1.73. The predicted molar refractivity (Wildman–Crippen MR) is 120 cm³/mol. The number of benzene rings is 2. The van der Waals surface area contributed by atoms with Crippen LogP contribution < -0.4 is 14.8 Å². The number of para-hydroxylation sites is 1. The molecule has 0 aliphatic carbocycles. The number of carbonyl (C=O) groups is 3. The van der Waals surface area contributed by atoms with Gasteiger partial charge in [-0.05, 0) is 31.0 Å². The summed E-state index contributed by atoms with van der Waals surface area (Å²) < 4.78 is 10.8. The molecule has 2 aromatic rings. The molecule has 0 bridgehead atoms. The smallest absolute Gasteiger partial charge is 0.339 e. The highest BCUT2D eigenvalue weighted by molar-refractivity contribution is 6.34. The van der Waals surface area contributed by atoms with Gasteiger partial charge in [0.15, 0.2) is 6.61 Å². The number of aromatic carboxylic acids is 1. The van der Waals surface area contributed by atoms with Gasteiger partial charge in [0, 0.05) is 19.2 Å². The van der Waals surface area contributed by atoms with Gasteiger partial charge in [-0.1, -0.05) is 36.6 Å². The van der Waals surface area contributed by atoms with E-state index in [4.69, 9.17) is 21.1 Å². The first-order valence-corrected chi connectivity index (χ1v) is 10.7. The van der Waals surface area contributed by atoms with Crippen LogP contribution in [0.5, 0.6) is 11.5 Å². The second-order valence-electron chi connectivity index (χ2n) is 7.37. The van der Waals surface area contributed by atoms with Crippen LogP contribution in [0.2, 0.25) is 5.02 Å². The quantitative estimate of drug-likeness (QED) is 0.645. The monoisotopic (exact) mass is 460 g/mol. The molecule has 0 atom stereocenters. The van der Waals surface area contributed by atoms with E-state index < -0.39 is 11.9 Å². The summed E-state index contributed by atoms with van der Waals surface area (Å²) in [4.78, 5) is 38.5. The Bertz CT molecular complexity index is 1000. The maximum Gasteiger partial charge on any atom is 0.339 e. The average molecular weight is 461 g/mol. The molecule has 0 saturated carbocycles. The third kappa shape index (κ3) is 5.70. The number of halogens is 1. The first kappa shape index (κ1) is 23.4. The van der Waals surface area contributed by atoms with Gasteiger partial charge in [-0.15, -0.1) is 0 Å². The standard InChI is InChI=1S/C23H25ClN2O6/c1-31-20-13-18(17(24)12-16(20)23(29)30)25-22(28)15-8-4-5-9-19(15)32-14-21(27)26-10-6-2-3-7-11-26/h4-5,8-9,12-13H,2-3,6-7,10-11,14H2,1H3,(H,25,28)(H,29,30). The minimum Gasteiger partial charge on any atom is -0.496 e. The van der Waals surface area contributed by atoms with Crippen LogP contribution in [0.3, 0.4) is 0 Å². The highest BCUT2D eigenvalue weighted by Crippen LogP contribution is 2.32. The number of carbonyl (C=O) groups excluding carboxylic acids is 2. The SMILES string of the molecule is COc1cc(NC(=O)c2ccccc2OCC(=O)N2CCCCCC2)c(Cl)cc1C(=O)O. The number of anilines is 1. The molecular weight excluding hydrogens is 436 g/mol. The number of rotatable bonds is 7. The van der Waals surface area contributed by atoms with Crippen molar-refractivity contribution in [1.29, 1.82) is 0 Å². The Morgan fingerprint density at radius 3 is 2.38 bits per heavy atom. The number of nitrogens with zero attached hydrogens (tertiary/aromatic N) is 1. The summed E-state index contributed by atoms with van der Waals surface area (Å²) in [5, 5.41) is 11.9. The van der Waals surface area contributed by atoms with Gasteiger partial charge in [0.1, 0.15) is 17.1 Å². The zero-order valence-corrected chi connectivity index (χ0v) is 18.5. The molecule has 1 aliphatic rings. The third-order valence-corrected chi connectivity index (χ3v) is 5.52. The van der Waals surface area contributed by atoms with Crippen molar-refractivity contribution in [3.8, 4) is 11.5 Å². The van der Waals surface area contributed by atoms with Gasteiger partial charge < -0.3 is 24.8 Å². The second-order valence-corrected chi connectivity index (χ2v) is 7.78. The molecule has 8 nitrogen and oxygen atoms in total. The van der Waals surface area contributed by atoms with E-state index in [0.717, 1.165) is 38.8 Å². The van der Waals surface area contributed by atoms with Crippen LogP contribution in [0.15, 0.2) is 36.4 Å². The van der Waals surface area contributed by atoms with Crippen molar-refractivity contribution < 1.29 is 29.0 Å². The first-order valence-electron chi connectivity index (χ1n) is 10.3. The molecule has 170 valence electrons. The van der Waals surface area contributed by atoms with E-state index in [1.54, 1.807) is 29.2 Å². The summed E-state index contributed by atoms with van der Waals surface area (Å²) in [7, 11) is 1.33. The van der Waals surface area contributed by atoms with Crippen LogP contribution in [-0.2, 0) is 4.79 Å². The van der Waals surface area contributed by atoms with Crippen LogP contribution in [0.1, 0.15) is 46.4 Å². The molecule has 2 amide bonds. The number of methoxy groups -OCH3 is 1. The lowest BCUT2D eigenvalue weighted by Crippen LogP contribution is -2.35. The molecular formula is C23H25ClN2O6. The molecule has 32 heavy (non-hydrogen) atoms. The van der Waals surface area contributed by atoms with Gasteiger partial charge in [0.25, 0.3) is 11.8 Å². The molecule has 3 rings (SSSR count). The second kappa shape index (κ2) is 10.9. The van der Waals surface area contributed by atoms with E-state index in [-0.39, 0.29) is 45.9 Å². The molecule has 2 aromatic carbocycles. The van der Waals surface area contributed by atoms with Crippen molar-refractivity contribution in [1.82, 2.24) is 4.90 Å². The Morgan fingerprint density at radius 1 is 1.03 bits per heavy atom. The van der Waals surface area contributed by atoms with E-state index in [1.165, 1.54) is 19.2 Å². The topological polar surface area (TPSA) is 105 Å². The van der Waals surface area contributed by atoms with Gasteiger partial charge in [-0.25, -0.2) is 4.79 Å². The lowest BCUT2D eigenvalue weighted by molar-refractivity contribution is -0.133. The number of carboxylic acids is 1. The highest BCUT2D eigenvalue weighted by atomic mass is 35.5. The Labute approximate surface area is 191 Å². The van der Waals surface area contributed by atoms with Gasteiger partial charge in [0.05, 0.1) is 23.4 Å². The lowest BCUT2D eigenvalue weighted by atomic mass is 10.1. The van der Waals surface area contributed by atoms with Crippen molar-refractivity contribution in [3.63, 3.8) is 0 Å². The normalized spacial score (nSPS) is 13.8. The van der Waals surface area contributed by atoms with E-state index in [9.17, 15) is 19.5 Å². The number of nitrogens with one attached hydrogen (secondary N) is 1. The highest BCUT2D eigenvalue weighted by Gasteiger charge is 2.20. The number of amides is 2. The Morgan fingerprint density at radius 2 is 1.72 bits per heavy atom. The Kier molecular flexibility index (Phi) is 7.94. The molecule has 1 aliphatic heterocycles.